The standard InChI is InChI=1S/C95H114N20O23S2/c1-49(117)80(91(133)107-66(36-50-16-3-2-4-17-50)83(125)110-72(47-139)88(130)105-67(38-52-43-99-61-23-10-6-19-56(52)61)85(127)108-70(41-79(121)122)93(135)115-35-15-28-76(115)95(137)138)112-86(128)69(40-54-45-101-63-25-12-8-21-58(54)63)104-87(129)71(46-116)109-82(124)64(30-32-78(119)120)102-84(126)68(39-53-44-100-62-24-11-7-20-57(53)62)106-89(131)74-26-14-34-114(74)94(136)73(48-140)111-90(132)75-27-13-33-113(75)92(134)65(29-31-77(97)118)103-81(123)59(96)37-51-42-98-60-22-9-5-18-55(51)60/h2-12,16-25,42-45,49,59,64-76,80,98-101,116-117,139-140H,13-15,26-41,46-48,96H2,1H3,(H2,97,118)(H,102,126)(H,103,123)(H,104,129)(H,105,130)(H,106,131)(H,107,133)(H,108,127)(H,109,124)(H,110,125)(H,111,132)(H,112,128)(H,119,120)(H,121,122)(H,137,138)/t49-,59+,64+,65+,66+,67+,68+,69+,70+,71+,72+,73+,74+,75+,76+,80+/m1/s1. The largest absolute Gasteiger partial charge is 0.481 e. The molecule has 45 heteroatoms. The number of nitrogens with two attached hydrogens (primary N) is 2. The van der Waals surface area contributed by atoms with Crippen molar-refractivity contribution in [3.05, 3.63) is 180 Å². The summed E-state index contributed by atoms with van der Waals surface area (Å²) >= 11 is 8.80. The lowest BCUT2D eigenvalue weighted by atomic mass is 10.0. The number of aliphatic hydroxyl groups excluding tert-OH is 2. The number of aliphatic carboxylic acids is 3. The van der Waals surface area contributed by atoms with E-state index in [2.05, 4.69) is 104 Å². The van der Waals surface area contributed by atoms with E-state index in [0.29, 0.717) is 61.4 Å². The molecular weight excluding hydrogens is 1850 g/mol. The van der Waals surface area contributed by atoms with Crippen LogP contribution in [0.15, 0.2) is 152 Å². The normalized spacial score (nSPS) is 17.5. The van der Waals surface area contributed by atoms with E-state index in [4.69, 9.17) is 11.5 Å². The fraction of sp³-hybridized carbons (Fsp3) is 0.411. The first-order valence-corrected chi connectivity index (χ1v) is 47.1. The van der Waals surface area contributed by atoms with Crippen LogP contribution >= 0.6 is 25.3 Å². The molecule has 12 rings (SSSR count). The number of aromatic nitrogens is 4. The van der Waals surface area contributed by atoms with Gasteiger partial charge in [0.25, 0.3) is 0 Å². The first kappa shape index (κ1) is 104. The number of nitrogens with one attached hydrogen (secondary N) is 15. The number of amides is 15. The van der Waals surface area contributed by atoms with Gasteiger partial charge in [0, 0.05) is 138 Å². The zero-order valence-electron chi connectivity index (χ0n) is 76.2. The Kier molecular flexibility index (Phi) is 36.1. The molecule has 3 aliphatic rings. The van der Waals surface area contributed by atoms with Crippen molar-refractivity contribution < 1.29 is 112 Å². The number of nitrogens with zero attached hydrogens (tertiary/aromatic N) is 3. The van der Waals surface area contributed by atoms with Gasteiger partial charge >= 0.3 is 17.9 Å². The van der Waals surface area contributed by atoms with Gasteiger partial charge in [-0.3, -0.25) is 81.5 Å². The minimum atomic E-state index is -2.04. The summed E-state index contributed by atoms with van der Waals surface area (Å²) in [5, 5.41) is 83.0. The maximum absolute atomic E-state index is 15.1. The number of carboxylic acids is 3. The summed E-state index contributed by atoms with van der Waals surface area (Å²) in [6, 6.07) is 12.1. The number of H-pyrrole nitrogens is 4. The Morgan fingerprint density at radius 1 is 0.379 bits per heavy atom. The molecule has 3 fully saturated rings. The Labute approximate surface area is 811 Å². The van der Waals surface area contributed by atoms with Crippen molar-refractivity contribution in [3.63, 3.8) is 0 Å². The van der Waals surface area contributed by atoms with Crippen LogP contribution in [0, 0.1) is 0 Å². The van der Waals surface area contributed by atoms with Crippen LogP contribution in [0.5, 0.6) is 0 Å². The molecule has 744 valence electrons. The average Bonchev–Trinajstić information content (AvgIpc) is 1.60. The SMILES string of the molecule is C[C@@H](O)[C@H](NC(=O)[C@H](Cc1c[nH]c2ccccc12)NC(=O)[C@H](CO)NC(=O)[C@H](CCC(=O)O)NC(=O)[C@H](Cc1c[nH]c2ccccc12)NC(=O)[C@@H]1CCCN1C(=O)[C@H](CS)NC(=O)[C@@H]1CCCN1C(=O)[C@H](CCC(N)=O)NC(=O)[C@@H](N)Cc1c[nH]c2ccccc12)C(=O)N[C@@H](Cc1ccccc1)C(=O)N[C@@H](CS)C(=O)N[C@@H](Cc1c[nH]c2ccccc12)C(=O)N[C@@H](CC(=O)O)C(=O)N1CCC[C@H]1C(=O)O. The van der Waals surface area contributed by atoms with Crippen LogP contribution in [0.25, 0.3) is 43.6 Å². The van der Waals surface area contributed by atoms with Gasteiger partial charge in [0.05, 0.1) is 25.2 Å². The third-order valence-corrected chi connectivity index (χ3v) is 25.8. The smallest absolute Gasteiger partial charge is 0.326 e. The van der Waals surface area contributed by atoms with Crippen molar-refractivity contribution in [1.29, 1.82) is 0 Å². The number of para-hydroxylation sites is 4. The molecule has 16 atom stereocenters. The number of primary amides is 1. The van der Waals surface area contributed by atoms with Gasteiger partial charge in [-0.15, -0.1) is 0 Å². The van der Waals surface area contributed by atoms with Gasteiger partial charge in [-0.05, 0) is 117 Å². The number of benzene rings is 5. The maximum Gasteiger partial charge on any atom is 0.326 e. The Bertz CT molecular complexity index is 6090. The molecule has 4 aromatic heterocycles. The molecule has 140 heavy (non-hydrogen) atoms. The highest BCUT2D eigenvalue weighted by Crippen LogP contribution is 2.29. The van der Waals surface area contributed by atoms with Crippen LogP contribution in [0.2, 0.25) is 0 Å². The van der Waals surface area contributed by atoms with E-state index in [1.54, 1.807) is 122 Å². The highest BCUT2D eigenvalue weighted by molar-refractivity contribution is 7.80. The van der Waals surface area contributed by atoms with Crippen LogP contribution in [0.1, 0.15) is 105 Å². The van der Waals surface area contributed by atoms with Crippen molar-refractivity contribution in [2.45, 2.75) is 206 Å². The van der Waals surface area contributed by atoms with E-state index in [0.717, 1.165) is 28.3 Å². The number of rotatable bonds is 48. The zero-order chi connectivity index (χ0) is 101. The van der Waals surface area contributed by atoms with E-state index in [-0.39, 0.29) is 96.0 Å². The van der Waals surface area contributed by atoms with E-state index >= 15 is 9.59 Å². The van der Waals surface area contributed by atoms with Crippen LogP contribution < -0.4 is 70.0 Å². The van der Waals surface area contributed by atoms with Crippen molar-refractivity contribution >= 4 is 175 Å². The van der Waals surface area contributed by atoms with E-state index < -0.39 is 241 Å². The number of carboxylic acid groups (broad SMARTS) is 3. The summed E-state index contributed by atoms with van der Waals surface area (Å²) < 4.78 is 0. The molecule has 0 unspecified atom stereocenters. The van der Waals surface area contributed by atoms with Crippen molar-refractivity contribution in [3.8, 4) is 0 Å². The minimum Gasteiger partial charge on any atom is -0.481 e. The molecule has 24 N–H and O–H groups in total. The number of carbonyl (C=O) groups is 18. The van der Waals surface area contributed by atoms with Gasteiger partial charge in [0.1, 0.15) is 84.6 Å². The Balaban J connectivity index is 0.727. The van der Waals surface area contributed by atoms with Gasteiger partial charge in [-0.2, -0.15) is 25.3 Å². The van der Waals surface area contributed by atoms with E-state index in [1.165, 1.54) is 16.0 Å². The van der Waals surface area contributed by atoms with Crippen LogP contribution in [0.3, 0.4) is 0 Å². The monoisotopic (exact) mass is 1970 g/mol. The highest BCUT2D eigenvalue weighted by Gasteiger charge is 2.46. The van der Waals surface area contributed by atoms with Gasteiger partial charge < -0.3 is 130 Å². The van der Waals surface area contributed by atoms with Crippen molar-refractivity contribution in [1.82, 2.24) is 93.1 Å². The number of carbonyl (C=O) groups excluding carboxylic acids is 15. The lowest BCUT2D eigenvalue weighted by molar-refractivity contribution is -0.150. The third-order valence-electron chi connectivity index (χ3n) is 25.1. The van der Waals surface area contributed by atoms with Crippen LogP contribution in [-0.4, -0.2) is 301 Å². The molecule has 0 radical (unpaired) electrons. The summed E-state index contributed by atoms with van der Waals surface area (Å²) in [6.07, 6.45) is 1.23. The molecule has 0 aliphatic carbocycles. The zero-order valence-corrected chi connectivity index (χ0v) is 78.0. The maximum atomic E-state index is 15.1. The number of aliphatic hydroxyl groups is 2. The molecule has 3 aliphatic heterocycles. The van der Waals surface area contributed by atoms with Gasteiger partial charge in [0.2, 0.25) is 88.6 Å². The Morgan fingerprint density at radius 3 is 1.16 bits per heavy atom. The highest BCUT2D eigenvalue weighted by atomic mass is 32.1. The second-order valence-corrected chi connectivity index (χ2v) is 35.6. The topological polar surface area (TPSA) is 666 Å². The Morgan fingerprint density at radius 2 is 0.721 bits per heavy atom. The fourth-order valence-corrected chi connectivity index (χ4v) is 18.3. The summed E-state index contributed by atoms with van der Waals surface area (Å²) in [5.74, 6) is -20.0. The van der Waals surface area contributed by atoms with Crippen molar-refractivity contribution in [2.75, 3.05) is 37.7 Å². The van der Waals surface area contributed by atoms with Gasteiger partial charge in [0.15, 0.2) is 0 Å². The number of aromatic amines is 4. The molecule has 7 heterocycles. The molecular formula is C95H114N20O23S2. The predicted molar refractivity (Wildman–Crippen MR) is 513 cm³/mol. The number of likely N-dealkylation sites (tertiary alicyclic amines) is 3. The first-order chi connectivity index (χ1) is 67.1. The third kappa shape index (κ3) is 26.6. The number of fused-ring (bicyclic) bond motifs is 4. The number of hydrogen-bond acceptors (Lipinski definition) is 23. The summed E-state index contributed by atoms with van der Waals surface area (Å²) in [4.78, 5) is 270. The molecule has 0 bridgehead atoms. The van der Waals surface area contributed by atoms with Crippen molar-refractivity contribution in [2.24, 2.45) is 11.5 Å². The molecule has 0 saturated carbocycles. The minimum absolute atomic E-state index is 0.0245. The Hall–Kier alpha value is -14.7. The quantitative estimate of drug-likeness (QED) is 0.0197. The van der Waals surface area contributed by atoms with Gasteiger partial charge in [-0.25, -0.2) is 4.79 Å². The molecule has 3 saturated heterocycles. The lowest BCUT2D eigenvalue weighted by Crippen LogP contribution is -2.63. The summed E-state index contributed by atoms with van der Waals surface area (Å²) in [5.41, 5.74) is 17.0. The van der Waals surface area contributed by atoms with Gasteiger partial charge in [-0.1, -0.05) is 103 Å². The first-order valence-electron chi connectivity index (χ1n) is 45.8. The average molecular weight is 1970 g/mol. The number of hydrogen-bond donors (Lipinski definition) is 24. The summed E-state index contributed by atoms with van der Waals surface area (Å²) in [6.45, 7) is -0.167. The van der Waals surface area contributed by atoms with Crippen LogP contribution in [0.4, 0.5) is 0 Å². The predicted octanol–water partition coefficient (Wildman–Crippen LogP) is -1.32. The molecule has 43 nitrogen and oxygen atoms in total. The molecule has 9 aromatic rings. The van der Waals surface area contributed by atoms with E-state index in [9.17, 15) is 102 Å². The lowest BCUT2D eigenvalue weighted by Gasteiger charge is -2.32. The fourth-order valence-electron chi connectivity index (χ4n) is 17.8. The second-order valence-electron chi connectivity index (χ2n) is 34.9. The molecule has 15 amide bonds. The molecule has 0 spiro atoms. The van der Waals surface area contributed by atoms with E-state index in [1.807, 2.05) is 24.3 Å². The number of thiol groups is 2. The summed E-state index contributed by atoms with van der Waals surface area (Å²) in [7, 11) is 0. The van der Waals surface area contributed by atoms with Crippen LogP contribution in [-0.2, 0) is 118 Å². The second kappa shape index (κ2) is 48.5. The molecule has 5 aromatic carbocycles.